The largest absolute Gasteiger partial charge is 0.508 e. The highest BCUT2D eigenvalue weighted by molar-refractivity contribution is 5.61. The Labute approximate surface area is 96.0 Å². The second-order valence-corrected chi connectivity index (χ2v) is 5.23. The first-order valence-corrected chi connectivity index (χ1v) is 5.35. The maximum atomic E-state index is 10.7. The fourth-order valence-electron chi connectivity index (χ4n) is 1.51. The summed E-state index contributed by atoms with van der Waals surface area (Å²) in [4.78, 5) is 10.7. The molecular weight excluding hydrogens is 212 g/mol. The van der Waals surface area contributed by atoms with Gasteiger partial charge in [0.2, 0.25) is 0 Å². The van der Waals surface area contributed by atoms with E-state index in [1.165, 1.54) is 0 Å². The zero-order valence-electron chi connectivity index (χ0n) is 10.5. The van der Waals surface area contributed by atoms with Gasteiger partial charge in [-0.2, -0.15) is 0 Å². The number of cyclic esters (lactones) is 2. The molecule has 1 rings (SSSR count). The Morgan fingerprint density at radius 1 is 1.31 bits per heavy atom. The molecule has 0 radical (unpaired) electrons. The topological polar surface area (TPSA) is 54.0 Å². The Balaban J connectivity index is 2.33. The lowest BCUT2D eigenvalue weighted by Gasteiger charge is -2.33. The van der Waals surface area contributed by atoms with Crippen molar-refractivity contribution < 1.29 is 23.7 Å². The third-order valence-corrected chi connectivity index (χ3v) is 1.82. The molecule has 1 heterocycles. The smallest absolute Gasteiger partial charge is 0.430 e. The first-order chi connectivity index (χ1) is 7.18. The minimum atomic E-state index is -0.715. The van der Waals surface area contributed by atoms with E-state index in [2.05, 4.69) is 4.74 Å². The van der Waals surface area contributed by atoms with Crippen LogP contribution in [0.4, 0.5) is 4.79 Å². The molecule has 0 aromatic heterocycles. The molecular formula is C11H20O5. The predicted molar refractivity (Wildman–Crippen MR) is 57.1 cm³/mol. The second-order valence-electron chi connectivity index (χ2n) is 5.23. The van der Waals surface area contributed by atoms with Crippen molar-refractivity contribution in [1.29, 1.82) is 0 Å². The highest BCUT2D eigenvalue weighted by atomic mass is 16.8. The molecule has 5 heteroatoms. The molecule has 0 saturated carbocycles. The van der Waals surface area contributed by atoms with E-state index in [0.717, 1.165) is 0 Å². The molecule has 94 valence electrons. The summed E-state index contributed by atoms with van der Waals surface area (Å²) in [6.07, 6.45) is -0.974. The van der Waals surface area contributed by atoms with Crippen molar-refractivity contribution in [2.24, 2.45) is 0 Å². The second kappa shape index (κ2) is 4.59. The van der Waals surface area contributed by atoms with Crippen molar-refractivity contribution in [2.75, 3.05) is 13.2 Å². The van der Waals surface area contributed by atoms with Gasteiger partial charge in [-0.15, -0.1) is 0 Å². The molecule has 5 nitrogen and oxygen atoms in total. The first-order valence-electron chi connectivity index (χ1n) is 5.35. The zero-order valence-corrected chi connectivity index (χ0v) is 10.5. The number of carbonyl (C=O) groups excluding carboxylic acids is 1. The maximum Gasteiger partial charge on any atom is 0.508 e. The summed E-state index contributed by atoms with van der Waals surface area (Å²) in [5, 5.41) is 0. The van der Waals surface area contributed by atoms with Gasteiger partial charge in [0.1, 0.15) is 6.61 Å². The predicted octanol–water partition coefficient (Wildman–Crippen LogP) is 2.09. The molecule has 1 unspecified atom stereocenters. The number of carbonyl (C=O) groups is 1. The number of hydrogen-bond donors (Lipinski definition) is 0. The lowest BCUT2D eigenvalue weighted by molar-refractivity contribution is -0.263. The summed E-state index contributed by atoms with van der Waals surface area (Å²) in [5.74, 6) is -0.715. The molecule has 1 saturated heterocycles. The van der Waals surface area contributed by atoms with Gasteiger partial charge in [0.05, 0.1) is 12.2 Å². The Bertz CT molecular complexity index is 254. The van der Waals surface area contributed by atoms with Crippen molar-refractivity contribution in [3.8, 4) is 0 Å². The molecule has 1 aliphatic heterocycles. The van der Waals surface area contributed by atoms with Crippen LogP contribution >= 0.6 is 0 Å². The zero-order chi connectivity index (χ0) is 12.4. The first kappa shape index (κ1) is 13.3. The van der Waals surface area contributed by atoms with Gasteiger partial charge in [0.25, 0.3) is 0 Å². The molecule has 0 amide bonds. The molecule has 0 aromatic rings. The van der Waals surface area contributed by atoms with Crippen LogP contribution in [0.3, 0.4) is 0 Å². The third-order valence-electron chi connectivity index (χ3n) is 1.82. The van der Waals surface area contributed by atoms with Crippen LogP contribution in [0.5, 0.6) is 0 Å². The van der Waals surface area contributed by atoms with E-state index in [-0.39, 0.29) is 24.9 Å². The van der Waals surface area contributed by atoms with Crippen LogP contribution in [0.25, 0.3) is 0 Å². The highest BCUT2D eigenvalue weighted by Crippen LogP contribution is 2.21. The van der Waals surface area contributed by atoms with Crippen molar-refractivity contribution >= 4 is 6.16 Å². The van der Waals surface area contributed by atoms with Gasteiger partial charge in [-0.1, -0.05) is 0 Å². The van der Waals surface area contributed by atoms with Gasteiger partial charge < -0.3 is 18.9 Å². The van der Waals surface area contributed by atoms with Gasteiger partial charge in [0, 0.05) is 0 Å². The van der Waals surface area contributed by atoms with E-state index in [9.17, 15) is 4.79 Å². The fourth-order valence-corrected chi connectivity index (χ4v) is 1.51. The SMILES string of the molecule is CC(C)(C)OC(C)(C)OCC1COC(=O)O1. The lowest BCUT2D eigenvalue weighted by Crippen LogP contribution is -2.39. The van der Waals surface area contributed by atoms with Crippen molar-refractivity contribution in [3.05, 3.63) is 0 Å². The molecule has 1 aliphatic rings. The van der Waals surface area contributed by atoms with Crippen LogP contribution < -0.4 is 0 Å². The number of rotatable bonds is 4. The van der Waals surface area contributed by atoms with E-state index >= 15 is 0 Å². The van der Waals surface area contributed by atoms with Crippen molar-refractivity contribution in [2.45, 2.75) is 52.1 Å². The van der Waals surface area contributed by atoms with Crippen molar-refractivity contribution in [1.82, 2.24) is 0 Å². The van der Waals surface area contributed by atoms with Crippen LogP contribution in [0.1, 0.15) is 34.6 Å². The molecule has 0 aliphatic carbocycles. The Morgan fingerprint density at radius 3 is 2.38 bits per heavy atom. The van der Waals surface area contributed by atoms with Crippen LogP contribution in [0, 0.1) is 0 Å². The molecule has 0 aromatic carbocycles. The van der Waals surface area contributed by atoms with Gasteiger partial charge in [-0.3, -0.25) is 0 Å². The average molecular weight is 232 g/mol. The van der Waals surface area contributed by atoms with Gasteiger partial charge >= 0.3 is 6.16 Å². The van der Waals surface area contributed by atoms with Gasteiger partial charge in [0.15, 0.2) is 11.9 Å². The van der Waals surface area contributed by atoms with E-state index in [1.54, 1.807) is 0 Å². The molecule has 0 spiro atoms. The maximum absolute atomic E-state index is 10.7. The molecule has 1 atom stereocenters. The molecule has 0 N–H and O–H groups in total. The molecule has 1 fully saturated rings. The molecule has 16 heavy (non-hydrogen) atoms. The molecule has 0 bridgehead atoms. The number of ether oxygens (including phenoxy) is 4. The standard InChI is InChI=1S/C11H20O5/c1-10(2,3)16-11(4,5)14-7-8-6-13-9(12)15-8/h8H,6-7H2,1-5H3. The van der Waals surface area contributed by atoms with E-state index in [4.69, 9.17) is 14.2 Å². The Hall–Kier alpha value is -0.810. The highest BCUT2D eigenvalue weighted by Gasteiger charge is 2.31. The summed E-state index contributed by atoms with van der Waals surface area (Å²) < 4.78 is 20.8. The van der Waals surface area contributed by atoms with Crippen LogP contribution in [-0.4, -0.2) is 36.9 Å². The average Bonchev–Trinajstić information content (AvgIpc) is 2.44. The van der Waals surface area contributed by atoms with Crippen LogP contribution in [0.15, 0.2) is 0 Å². The Kier molecular flexibility index (Phi) is 3.80. The van der Waals surface area contributed by atoms with E-state index in [1.807, 2.05) is 34.6 Å². The minimum absolute atomic E-state index is 0.241. The van der Waals surface area contributed by atoms with E-state index < -0.39 is 11.9 Å². The van der Waals surface area contributed by atoms with Crippen LogP contribution in [-0.2, 0) is 18.9 Å². The summed E-state index contributed by atoms with van der Waals surface area (Å²) in [6.45, 7) is 10.0. The van der Waals surface area contributed by atoms with Gasteiger partial charge in [-0.05, 0) is 34.6 Å². The van der Waals surface area contributed by atoms with Crippen molar-refractivity contribution in [3.63, 3.8) is 0 Å². The van der Waals surface area contributed by atoms with Gasteiger partial charge in [-0.25, -0.2) is 4.79 Å². The summed E-state index contributed by atoms with van der Waals surface area (Å²) in [7, 11) is 0. The third kappa shape index (κ3) is 4.81. The van der Waals surface area contributed by atoms with E-state index in [0.29, 0.717) is 0 Å². The van der Waals surface area contributed by atoms with Crippen LogP contribution in [0.2, 0.25) is 0 Å². The normalized spacial score (nSPS) is 21.8. The minimum Gasteiger partial charge on any atom is -0.430 e. The fraction of sp³-hybridized carbons (Fsp3) is 0.909. The summed E-state index contributed by atoms with van der Waals surface area (Å²) in [5.41, 5.74) is -0.285. The quantitative estimate of drug-likeness (QED) is 0.548. The monoisotopic (exact) mass is 232 g/mol. The number of hydrogen-bond acceptors (Lipinski definition) is 5. The lowest BCUT2D eigenvalue weighted by atomic mass is 10.2. The Morgan fingerprint density at radius 2 is 1.94 bits per heavy atom. The summed E-state index contributed by atoms with van der Waals surface area (Å²) in [6, 6.07) is 0. The summed E-state index contributed by atoms with van der Waals surface area (Å²) >= 11 is 0.